The molecule has 0 aromatic heterocycles. The van der Waals surface area contributed by atoms with Gasteiger partial charge in [0, 0.05) is 0 Å². The molecule has 6 nitrogen and oxygen atoms in total. The number of aliphatic hydroxyl groups excluding tert-OH is 1. The van der Waals surface area contributed by atoms with Crippen molar-refractivity contribution in [3.63, 3.8) is 0 Å². The van der Waals surface area contributed by atoms with Crippen molar-refractivity contribution in [2.45, 2.75) is 25.0 Å². The van der Waals surface area contributed by atoms with Crippen LogP contribution in [0.3, 0.4) is 0 Å². The van der Waals surface area contributed by atoms with E-state index < -0.39 is 24.0 Å². The topological polar surface area (TPSA) is 113 Å². The summed E-state index contributed by atoms with van der Waals surface area (Å²) in [4.78, 5) is 21.9. The standard InChI is InChI=1S/C13H18N2O4/c14-10(7-6-9-4-2-1-3-5-9)12(17)15-8-11(16)13(18)19/h1-5,10-11,16H,6-8,14H2,(H,15,17)(H,18,19)/t10?,11-/m0/s1. The Morgan fingerprint density at radius 1 is 1.26 bits per heavy atom. The fraction of sp³-hybridized carbons (Fsp3) is 0.385. The van der Waals surface area contributed by atoms with Crippen LogP contribution in [0, 0.1) is 0 Å². The molecule has 5 N–H and O–H groups in total. The molecule has 0 heterocycles. The summed E-state index contributed by atoms with van der Waals surface area (Å²) in [5.41, 5.74) is 6.77. The van der Waals surface area contributed by atoms with E-state index >= 15 is 0 Å². The molecule has 0 saturated heterocycles. The van der Waals surface area contributed by atoms with E-state index in [0.29, 0.717) is 12.8 Å². The molecule has 0 aliphatic heterocycles. The van der Waals surface area contributed by atoms with Gasteiger partial charge in [0.25, 0.3) is 0 Å². The van der Waals surface area contributed by atoms with Crippen LogP contribution in [0.4, 0.5) is 0 Å². The summed E-state index contributed by atoms with van der Waals surface area (Å²) in [6.07, 6.45) is -0.485. The smallest absolute Gasteiger partial charge is 0.334 e. The highest BCUT2D eigenvalue weighted by Crippen LogP contribution is 2.04. The van der Waals surface area contributed by atoms with Crippen molar-refractivity contribution in [2.75, 3.05) is 6.54 Å². The minimum absolute atomic E-state index is 0.340. The second-order valence-electron chi connectivity index (χ2n) is 4.23. The Kier molecular flexibility index (Phi) is 5.98. The maximum absolute atomic E-state index is 11.6. The third-order valence-corrected chi connectivity index (χ3v) is 2.68. The fourth-order valence-corrected chi connectivity index (χ4v) is 1.51. The summed E-state index contributed by atoms with van der Waals surface area (Å²) in [6, 6.07) is 8.89. The lowest BCUT2D eigenvalue weighted by Gasteiger charge is -2.13. The number of nitrogens with one attached hydrogen (secondary N) is 1. The molecule has 0 saturated carbocycles. The quantitative estimate of drug-likeness (QED) is 0.532. The van der Waals surface area contributed by atoms with E-state index in [9.17, 15) is 9.59 Å². The third kappa shape index (κ3) is 5.50. The van der Waals surface area contributed by atoms with Gasteiger partial charge >= 0.3 is 5.97 Å². The minimum atomic E-state index is -1.61. The number of hydrogen-bond donors (Lipinski definition) is 4. The molecule has 1 rings (SSSR count). The molecule has 1 unspecified atom stereocenters. The number of carbonyl (C=O) groups excluding carboxylic acids is 1. The number of nitrogens with two attached hydrogens (primary N) is 1. The van der Waals surface area contributed by atoms with Crippen LogP contribution in [0.25, 0.3) is 0 Å². The van der Waals surface area contributed by atoms with Gasteiger partial charge in [0.15, 0.2) is 6.10 Å². The number of rotatable bonds is 7. The van der Waals surface area contributed by atoms with Gasteiger partial charge in [-0.1, -0.05) is 30.3 Å². The summed E-state index contributed by atoms with van der Waals surface area (Å²) < 4.78 is 0. The number of carbonyl (C=O) groups is 2. The first-order valence-electron chi connectivity index (χ1n) is 5.99. The van der Waals surface area contributed by atoms with Crippen LogP contribution in [-0.2, 0) is 16.0 Å². The van der Waals surface area contributed by atoms with Crippen LogP contribution >= 0.6 is 0 Å². The highest BCUT2D eigenvalue weighted by atomic mass is 16.4. The van der Waals surface area contributed by atoms with Crippen molar-refractivity contribution in [1.82, 2.24) is 5.32 Å². The Morgan fingerprint density at radius 2 is 1.89 bits per heavy atom. The monoisotopic (exact) mass is 266 g/mol. The zero-order chi connectivity index (χ0) is 14.3. The maximum atomic E-state index is 11.6. The molecule has 19 heavy (non-hydrogen) atoms. The number of benzene rings is 1. The van der Waals surface area contributed by atoms with Crippen molar-refractivity contribution < 1.29 is 19.8 Å². The van der Waals surface area contributed by atoms with E-state index in [1.807, 2.05) is 30.3 Å². The predicted octanol–water partition coefficient (Wildman–Crippen LogP) is -0.492. The van der Waals surface area contributed by atoms with Crippen LogP contribution in [-0.4, -0.2) is 40.8 Å². The summed E-state index contributed by atoms with van der Waals surface area (Å²) in [7, 11) is 0. The largest absolute Gasteiger partial charge is 0.479 e. The Labute approximate surface area is 111 Å². The van der Waals surface area contributed by atoms with Crippen molar-refractivity contribution in [3.05, 3.63) is 35.9 Å². The lowest BCUT2D eigenvalue weighted by Crippen LogP contribution is -2.45. The minimum Gasteiger partial charge on any atom is -0.479 e. The maximum Gasteiger partial charge on any atom is 0.334 e. The van der Waals surface area contributed by atoms with Gasteiger partial charge in [-0.05, 0) is 18.4 Å². The number of carboxylic acids is 1. The average molecular weight is 266 g/mol. The zero-order valence-corrected chi connectivity index (χ0v) is 10.5. The van der Waals surface area contributed by atoms with Gasteiger partial charge < -0.3 is 21.3 Å². The molecule has 0 spiro atoms. The van der Waals surface area contributed by atoms with Crippen molar-refractivity contribution >= 4 is 11.9 Å². The first-order valence-corrected chi connectivity index (χ1v) is 5.99. The molecule has 104 valence electrons. The molecule has 6 heteroatoms. The number of hydrogen-bond acceptors (Lipinski definition) is 4. The van der Waals surface area contributed by atoms with E-state index in [0.717, 1.165) is 5.56 Å². The summed E-state index contributed by atoms with van der Waals surface area (Å²) in [5, 5.41) is 19.8. The van der Waals surface area contributed by atoms with Gasteiger partial charge in [0.05, 0.1) is 12.6 Å². The molecule has 1 aromatic rings. The first-order chi connectivity index (χ1) is 9.00. The van der Waals surface area contributed by atoms with Gasteiger partial charge in [-0.15, -0.1) is 0 Å². The summed E-state index contributed by atoms with van der Waals surface area (Å²) in [6.45, 7) is -0.340. The van der Waals surface area contributed by atoms with Crippen LogP contribution in [0.1, 0.15) is 12.0 Å². The normalized spacial score (nSPS) is 13.6. The van der Waals surface area contributed by atoms with Crippen LogP contribution < -0.4 is 11.1 Å². The van der Waals surface area contributed by atoms with Crippen LogP contribution in [0.5, 0.6) is 0 Å². The highest BCUT2D eigenvalue weighted by molar-refractivity contribution is 5.82. The molecular weight excluding hydrogens is 248 g/mol. The van der Waals surface area contributed by atoms with Crippen molar-refractivity contribution in [2.24, 2.45) is 5.73 Å². The molecular formula is C13H18N2O4. The van der Waals surface area contributed by atoms with Crippen molar-refractivity contribution in [3.8, 4) is 0 Å². The number of aliphatic carboxylic acids is 1. The molecule has 1 amide bonds. The van der Waals surface area contributed by atoms with E-state index in [1.54, 1.807) is 0 Å². The Morgan fingerprint density at radius 3 is 2.47 bits per heavy atom. The second-order valence-corrected chi connectivity index (χ2v) is 4.23. The Hall–Kier alpha value is -1.92. The lowest BCUT2D eigenvalue weighted by molar-refractivity contribution is -0.146. The molecule has 2 atom stereocenters. The number of aliphatic hydroxyl groups is 1. The van der Waals surface area contributed by atoms with Gasteiger partial charge in [-0.25, -0.2) is 4.79 Å². The number of amides is 1. The van der Waals surface area contributed by atoms with Crippen LogP contribution in [0.15, 0.2) is 30.3 Å². The molecule has 0 bridgehead atoms. The predicted molar refractivity (Wildman–Crippen MR) is 69.4 cm³/mol. The van der Waals surface area contributed by atoms with Crippen LogP contribution in [0.2, 0.25) is 0 Å². The molecule has 1 aromatic carbocycles. The molecule has 0 fully saturated rings. The van der Waals surface area contributed by atoms with Gasteiger partial charge in [-0.2, -0.15) is 0 Å². The second kappa shape index (κ2) is 7.50. The van der Waals surface area contributed by atoms with E-state index in [2.05, 4.69) is 5.32 Å². The number of carboxylic acid groups (broad SMARTS) is 1. The summed E-state index contributed by atoms with van der Waals surface area (Å²) in [5.74, 6) is -1.84. The van der Waals surface area contributed by atoms with Crippen molar-refractivity contribution in [1.29, 1.82) is 0 Å². The fourth-order valence-electron chi connectivity index (χ4n) is 1.51. The van der Waals surface area contributed by atoms with Gasteiger partial charge in [0.2, 0.25) is 5.91 Å². The number of aryl methyl sites for hydroxylation is 1. The van der Waals surface area contributed by atoms with E-state index in [-0.39, 0.29) is 6.54 Å². The highest BCUT2D eigenvalue weighted by Gasteiger charge is 2.17. The first kappa shape index (κ1) is 15.1. The van der Waals surface area contributed by atoms with E-state index in [4.69, 9.17) is 15.9 Å². The Balaban J connectivity index is 2.31. The van der Waals surface area contributed by atoms with E-state index in [1.165, 1.54) is 0 Å². The molecule has 0 aliphatic rings. The zero-order valence-electron chi connectivity index (χ0n) is 10.5. The van der Waals surface area contributed by atoms with Gasteiger partial charge in [0.1, 0.15) is 0 Å². The third-order valence-electron chi connectivity index (χ3n) is 2.68. The summed E-state index contributed by atoms with van der Waals surface area (Å²) >= 11 is 0. The average Bonchev–Trinajstić information content (AvgIpc) is 2.42. The molecule has 0 radical (unpaired) electrons. The molecule has 0 aliphatic carbocycles. The SMILES string of the molecule is NC(CCc1ccccc1)C(=O)NC[C@H](O)C(=O)O. The van der Waals surface area contributed by atoms with Gasteiger partial charge in [-0.3, -0.25) is 4.79 Å². The lowest BCUT2D eigenvalue weighted by atomic mass is 10.1. The Bertz CT molecular complexity index is 422.